The first-order chi connectivity index (χ1) is 7.70. The number of carboxylic acids is 1. The summed E-state index contributed by atoms with van der Waals surface area (Å²) in [6.07, 6.45) is 3.88. The van der Waals surface area contributed by atoms with Crippen LogP contribution in [0.15, 0.2) is 0 Å². The molecule has 0 aliphatic heterocycles. The molecule has 0 saturated heterocycles. The van der Waals surface area contributed by atoms with Crippen molar-refractivity contribution in [2.45, 2.75) is 32.1 Å². The third kappa shape index (κ3) is 6.40. The van der Waals surface area contributed by atoms with Gasteiger partial charge < -0.3 is 15.7 Å². The van der Waals surface area contributed by atoms with Gasteiger partial charge in [0.2, 0.25) is 5.91 Å². The quantitative estimate of drug-likeness (QED) is 0.498. The van der Waals surface area contributed by atoms with Crippen LogP contribution in [0.4, 0.5) is 0 Å². The maximum atomic E-state index is 11.2. The molecule has 0 bridgehead atoms. The van der Waals surface area contributed by atoms with E-state index in [0.29, 0.717) is 13.0 Å². The van der Waals surface area contributed by atoms with E-state index in [0.717, 1.165) is 32.4 Å². The van der Waals surface area contributed by atoms with Crippen molar-refractivity contribution in [1.82, 2.24) is 10.6 Å². The highest BCUT2D eigenvalue weighted by Crippen LogP contribution is 2.28. The lowest BCUT2D eigenvalue weighted by Gasteiger charge is -2.05. The Morgan fingerprint density at radius 1 is 1.12 bits per heavy atom. The number of amides is 1. The summed E-state index contributed by atoms with van der Waals surface area (Å²) >= 11 is 0. The first-order valence-electron chi connectivity index (χ1n) is 5.90. The van der Waals surface area contributed by atoms with Crippen LogP contribution in [-0.2, 0) is 9.59 Å². The molecule has 1 saturated carbocycles. The number of unbranched alkanes of at least 4 members (excludes halogenated alkanes) is 1. The van der Waals surface area contributed by atoms with Crippen LogP contribution in [0.25, 0.3) is 0 Å². The number of carboxylic acid groups (broad SMARTS) is 1. The van der Waals surface area contributed by atoms with E-state index in [9.17, 15) is 9.59 Å². The van der Waals surface area contributed by atoms with E-state index in [1.807, 2.05) is 0 Å². The molecule has 0 heterocycles. The van der Waals surface area contributed by atoms with Gasteiger partial charge in [0.05, 0.1) is 0 Å². The van der Waals surface area contributed by atoms with Crippen molar-refractivity contribution >= 4 is 11.9 Å². The fourth-order valence-electron chi connectivity index (χ4n) is 1.42. The van der Waals surface area contributed by atoms with Crippen LogP contribution >= 0.6 is 0 Å². The van der Waals surface area contributed by atoms with Gasteiger partial charge in [-0.05, 0) is 32.2 Å². The lowest BCUT2D eigenvalue weighted by atomic mass is 10.2. The summed E-state index contributed by atoms with van der Waals surface area (Å²) in [6, 6.07) is 0. The Balaban J connectivity index is 1.77. The standard InChI is InChI=1S/C11H20N2O3/c14-10(15)3-1-2-6-12-7-8-13-11(16)9-4-5-9/h9,12H,1-8H2,(H,13,16)(H,14,15). The SMILES string of the molecule is O=C(O)CCCCNCCNC(=O)C1CC1. The van der Waals surface area contributed by atoms with Gasteiger partial charge in [0.1, 0.15) is 0 Å². The molecule has 16 heavy (non-hydrogen) atoms. The van der Waals surface area contributed by atoms with Gasteiger partial charge in [-0.1, -0.05) is 0 Å². The maximum absolute atomic E-state index is 11.2. The second-order valence-corrected chi connectivity index (χ2v) is 4.17. The number of carbonyl (C=O) groups excluding carboxylic acids is 1. The number of hydrogen-bond acceptors (Lipinski definition) is 3. The summed E-state index contributed by atoms with van der Waals surface area (Å²) in [5.74, 6) is -0.292. The smallest absolute Gasteiger partial charge is 0.303 e. The largest absolute Gasteiger partial charge is 0.481 e. The van der Waals surface area contributed by atoms with Crippen molar-refractivity contribution < 1.29 is 14.7 Å². The van der Waals surface area contributed by atoms with Crippen LogP contribution in [0.3, 0.4) is 0 Å². The Bertz CT molecular complexity index is 239. The topological polar surface area (TPSA) is 78.4 Å². The lowest BCUT2D eigenvalue weighted by molar-refractivity contribution is -0.137. The Morgan fingerprint density at radius 3 is 2.50 bits per heavy atom. The number of aliphatic carboxylic acids is 1. The van der Waals surface area contributed by atoms with Crippen LogP contribution in [-0.4, -0.2) is 36.6 Å². The van der Waals surface area contributed by atoms with Crippen molar-refractivity contribution in [2.75, 3.05) is 19.6 Å². The van der Waals surface area contributed by atoms with Crippen LogP contribution < -0.4 is 10.6 Å². The molecule has 0 radical (unpaired) electrons. The average Bonchev–Trinajstić information content (AvgIpc) is 3.04. The lowest BCUT2D eigenvalue weighted by Crippen LogP contribution is -2.33. The molecule has 0 aromatic heterocycles. The fraction of sp³-hybridized carbons (Fsp3) is 0.818. The van der Waals surface area contributed by atoms with E-state index < -0.39 is 5.97 Å². The predicted octanol–water partition coefficient (Wildman–Crippen LogP) is 0.357. The monoisotopic (exact) mass is 228 g/mol. The van der Waals surface area contributed by atoms with Crippen molar-refractivity contribution in [3.8, 4) is 0 Å². The van der Waals surface area contributed by atoms with Gasteiger partial charge >= 0.3 is 5.97 Å². The minimum atomic E-state index is -0.739. The molecule has 92 valence electrons. The fourth-order valence-corrected chi connectivity index (χ4v) is 1.42. The molecule has 0 spiro atoms. The molecule has 1 amide bonds. The van der Waals surface area contributed by atoms with E-state index >= 15 is 0 Å². The molecule has 0 atom stereocenters. The Morgan fingerprint density at radius 2 is 1.88 bits per heavy atom. The van der Waals surface area contributed by atoms with Gasteiger partial charge in [-0.15, -0.1) is 0 Å². The van der Waals surface area contributed by atoms with E-state index in [1.165, 1.54) is 0 Å². The van der Waals surface area contributed by atoms with E-state index in [-0.39, 0.29) is 18.2 Å². The van der Waals surface area contributed by atoms with Gasteiger partial charge in [-0.3, -0.25) is 9.59 Å². The summed E-state index contributed by atoms with van der Waals surface area (Å²) in [6.45, 7) is 2.23. The molecule has 3 N–H and O–H groups in total. The Kier molecular flexibility index (Phi) is 5.85. The zero-order valence-electron chi connectivity index (χ0n) is 9.50. The molecule has 0 unspecified atom stereocenters. The second kappa shape index (κ2) is 7.22. The van der Waals surface area contributed by atoms with Gasteiger partial charge in [-0.25, -0.2) is 0 Å². The summed E-state index contributed by atoms with van der Waals surface area (Å²) < 4.78 is 0. The average molecular weight is 228 g/mol. The Hall–Kier alpha value is -1.10. The maximum Gasteiger partial charge on any atom is 0.303 e. The number of nitrogens with one attached hydrogen (secondary N) is 2. The highest BCUT2D eigenvalue weighted by Gasteiger charge is 2.28. The van der Waals surface area contributed by atoms with Crippen molar-refractivity contribution in [1.29, 1.82) is 0 Å². The summed E-state index contributed by atoms with van der Waals surface area (Å²) in [4.78, 5) is 21.4. The van der Waals surface area contributed by atoms with Crippen molar-refractivity contribution in [3.05, 3.63) is 0 Å². The van der Waals surface area contributed by atoms with E-state index in [2.05, 4.69) is 10.6 Å². The van der Waals surface area contributed by atoms with Gasteiger partial charge in [0.15, 0.2) is 0 Å². The van der Waals surface area contributed by atoms with E-state index in [4.69, 9.17) is 5.11 Å². The summed E-state index contributed by atoms with van der Waals surface area (Å²) in [5.41, 5.74) is 0. The molecule has 0 aromatic rings. The summed E-state index contributed by atoms with van der Waals surface area (Å²) in [7, 11) is 0. The van der Waals surface area contributed by atoms with Crippen molar-refractivity contribution in [2.24, 2.45) is 5.92 Å². The van der Waals surface area contributed by atoms with Crippen LogP contribution in [0.2, 0.25) is 0 Å². The zero-order valence-corrected chi connectivity index (χ0v) is 9.50. The predicted molar refractivity (Wildman–Crippen MR) is 60.1 cm³/mol. The number of rotatable bonds is 9. The minimum Gasteiger partial charge on any atom is -0.481 e. The van der Waals surface area contributed by atoms with Gasteiger partial charge in [0, 0.05) is 25.4 Å². The van der Waals surface area contributed by atoms with Gasteiger partial charge in [-0.2, -0.15) is 0 Å². The van der Waals surface area contributed by atoms with E-state index in [1.54, 1.807) is 0 Å². The minimum absolute atomic E-state index is 0.174. The third-order valence-corrected chi connectivity index (χ3v) is 2.54. The van der Waals surface area contributed by atoms with Gasteiger partial charge in [0.25, 0.3) is 0 Å². The normalized spacial score (nSPS) is 14.8. The first kappa shape index (κ1) is 13.0. The van der Waals surface area contributed by atoms with Crippen molar-refractivity contribution in [3.63, 3.8) is 0 Å². The highest BCUT2D eigenvalue weighted by atomic mass is 16.4. The van der Waals surface area contributed by atoms with Crippen LogP contribution in [0.5, 0.6) is 0 Å². The van der Waals surface area contributed by atoms with Crippen LogP contribution in [0.1, 0.15) is 32.1 Å². The Labute approximate surface area is 95.6 Å². The molecule has 0 aromatic carbocycles. The zero-order chi connectivity index (χ0) is 11.8. The molecular weight excluding hydrogens is 208 g/mol. The number of carbonyl (C=O) groups is 2. The highest BCUT2D eigenvalue weighted by molar-refractivity contribution is 5.80. The molecule has 1 rings (SSSR count). The molecular formula is C11H20N2O3. The first-order valence-corrected chi connectivity index (χ1v) is 5.90. The molecule has 1 aliphatic rings. The number of hydrogen-bond donors (Lipinski definition) is 3. The molecule has 1 fully saturated rings. The van der Waals surface area contributed by atoms with Crippen LogP contribution in [0, 0.1) is 5.92 Å². The second-order valence-electron chi connectivity index (χ2n) is 4.17. The molecule has 1 aliphatic carbocycles. The molecule has 5 heteroatoms. The summed E-state index contributed by atoms with van der Waals surface area (Å²) in [5, 5.41) is 14.4. The third-order valence-electron chi connectivity index (χ3n) is 2.54. The molecule has 5 nitrogen and oxygen atoms in total.